The van der Waals surface area contributed by atoms with Crippen molar-refractivity contribution in [2.45, 2.75) is 12.5 Å². The van der Waals surface area contributed by atoms with Crippen molar-refractivity contribution in [3.05, 3.63) is 30.5 Å². The Morgan fingerprint density at radius 3 is 3.21 bits per heavy atom. The standard InChI is InChI=1S/C9H8N4O/c10-2-1-8(14)7-5-12-9-6-11-3-4-13(7)9/h3-6,8,14H,1H2. The fourth-order valence-corrected chi connectivity index (χ4v) is 1.30. The van der Waals surface area contributed by atoms with Gasteiger partial charge in [-0.2, -0.15) is 5.26 Å². The van der Waals surface area contributed by atoms with Crippen molar-refractivity contribution in [1.29, 1.82) is 5.26 Å². The Bertz CT molecular complexity index is 485. The molecule has 0 radical (unpaired) electrons. The second-order valence-electron chi connectivity index (χ2n) is 2.87. The van der Waals surface area contributed by atoms with Gasteiger partial charge >= 0.3 is 0 Å². The van der Waals surface area contributed by atoms with Crippen LogP contribution >= 0.6 is 0 Å². The maximum atomic E-state index is 9.60. The van der Waals surface area contributed by atoms with Crippen LogP contribution in [0.3, 0.4) is 0 Å². The average molecular weight is 188 g/mol. The molecule has 0 saturated carbocycles. The molecule has 1 unspecified atom stereocenters. The molecule has 0 fully saturated rings. The first-order chi connectivity index (χ1) is 6.83. The lowest BCUT2D eigenvalue weighted by Gasteiger charge is -2.04. The summed E-state index contributed by atoms with van der Waals surface area (Å²) in [5, 5.41) is 18.1. The van der Waals surface area contributed by atoms with Crippen molar-refractivity contribution < 1.29 is 5.11 Å². The normalized spacial score (nSPS) is 12.6. The van der Waals surface area contributed by atoms with Crippen molar-refractivity contribution in [3.8, 4) is 6.07 Å². The van der Waals surface area contributed by atoms with E-state index in [9.17, 15) is 5.11 Å². The van der Waals surface area contributed by atoms with Crippen molar-refractivity contribution in [2.24, 2.45) is 0 Å². The Balaban J connectivity index is 2.48. The van der Waals surface area contributed by atoms with Gasteiger partial charge in [-0.05, 0) is 0 Å². The first-order valence-corrected chi connectivity index (χ1v) is 4.15. The van der Waals surface area contributed by atoms with E-state index in [1.807, 2.05) is 6.07 Å². The monoisotopic (exact) mass is 188 g/mol. The SMILES string of the molecule is N#CCC(O)c1cnc2cnccn12. The van der Waals surface area contributed by atoms with Crippen molar-refractivity contribution >= 4 is 5.65 Å². The average Bonchev–Trinajstić information content (AvgIpc) is 2.61. The molecule has 0 spiro atoms. The molecule has 14 heavy (non-hydrogen) atoms. The van der Waals surface area contributed by atoms with E-state index >= 15 is 0 Å². The molecule has 0 bridgehead atoms. The molecule has 0 amide bonds. The second-order valence-corrected chi connectivity index (χ2v) is 2.87. The van der Waals surface area contributed by atoms with E-state index in [4.69, 9.17) is 5.26 Å². The van der Waals surface area contributed by atoms with Crippen LogP contribution < -0.4 is 0 Å². The van der Waals surface area contributed by atoms with E-state index in [0.717, 1.165) is 0 Å². The van der Waals surface area contributed by atoms with Crippen LogP contribution in [0, 0.1) is 11.3 Å². The summed E-state index contributed by atoms with van der Waals surface area (Å²) in [5.74, 6) is 0. The zero-order chi connectivity index (χ0) is 9.97. The van der Waals surface area contributed by atoms with Crippen molar-refractivity contribution in [2.75, 3.05) is 0 Å². The van der Waals surface area contributed by atoms with Gasteiger partial charge in [0.1, 0.15) is 6.10 Å². The molecule has 0 aliphatic carbocycles. The van der Waals surface area contributed by atoms with Gasteiger partial charge in [0.15, 0.2) is 5.65 Å². The van der Waals surface area contributed by atoms with Crippen LogP contribution in [0.15, 0.2) is 24.8 Å². The lowest BCUT2D eigenvalue weighted by Crippen LogP contribution is -2.00. The molecule has 2 rings (SSSR count). The van der Waals surface area contributed by atoms with E-state index in [1.165, 1.54) is 0 Å². The molecule has 0 aromatic carbocycles. The molecular formula is C9H8N4O. The van der Waals surface area contributed by atoms with Crippen LogP contribution in [0.5, 0.6) is 0 Å². The predicted molar refractivity (Wildman–Crippen MR) is 48.2 cm³/mol. The maximum Gasteiger partial charge on any atom is 0.155 e. The summed E-state index contributed by atoms with van der Waals surface area (Å²) >= 11 is 0. The number of aliphatic hydroxyl groups excluding tert-OH is 1. The zero-order valence-corrected chi connectivity index (χ0v) is 7.33. The number of imidazole rings is 1. The number of fused-ring (bicyclic) bond motifs is 1. The van der Waals surface area contributed by atoms with Crippen LogP contribution in [0.1, 0.15) is 18.2 Å². The Morgan fingerprint density at radius 2 is 2.43 bits per heavy atom. The summed E-state index contributed by atoms with van der Waals surface area (Å²) in [7, 11) is 0. The molecule has 5 heteroatoms. The largest absolute Gasteiger partial charge is 0.386 e. The summed E-state index contributed by atoms with van der Waals surface area (Å²) in [5.41, 5.74) is 1.28. The third-order valence-corrected chi connectivity index (χ3v) is 1.97. The van der Waals surface area contributed by atoms with Crippen molar-refractivity contribution in [3.63, 3.8) is 0 Å². The number of hydrogen-bond donors (Lipinski definition) is 1. The van der Waals surface area contributed by atoms with Gasteiger partial charge in [-0.1, -0.05) is 0 Å². The van der Waals surface area contributed by atoms with Gasteiger partial charge in [-0.15, -0.1) is 0 Å². The van der Waals surface area contributed by atoms with E-state index in [1.54, 1.807) is 29.2 Å². The molecule has 2 aromatic heterocycles. The van der Waals surface area contributed by atoms with Gasteiger partial charge < -0.3 is 5.11 Å². The molecule has 5 nitrogen and oxygen atoms in total. The summed E-state index contributed by atoms with van der Waals surface area (Å²) in [6.07, 6.45) is 5.74. The van der Waals surface area contributed by atoms with E-state index in [0.29, 0.717) is 11.3 Å². The summed E-state index contributed by atoms with van der Waals surface area (Å²) in [6, 6.07) is 1.91. The Kier molecular flexibility index (Phi) is 2.13. The van der Waals surface area contributed by atoms with E-state index < -0.39 is 6.10 Å². The minimum absolute atomic E-state index is 0.0656. The molecule has 0 aliphatic rings. The highest BCUT2D eigenvalue weighted by molar-refractivity contribution is 5.37. The molecule has 0 saturated heterocycles. The van der Waals surface area contributed by atoms with Gasteiger partial charge in [0.2, 0.25) is 0 Å². The third-order valence-electron chi connectivity index (χ3n) is 1.97. The fraction of sp³-hybridized carbons (Fsp3) is 0.222. The van der Waals surface area contributed by atoms with Crippen LogP contribution in [0.2, 0.25) is 0 Å². The first kappa shape index (κ1) is 8.66. The zero-order valence-electron chi connectivity index (χ0n) is 7.33. The maximum absolute atomic E-state index is 9.60. The minimum atomic E-state index is -0.794. The van der Waals surface area contributed by atoms with Crippen LogP contribution in [0.4, 0.5) is 0 Å². The molecule has 1 N–H and O–H groups in total. The highest BCUT2D eigenvalue weighted by Gasteiger charge is 2.11. The number of nitrogens with zero attached hydrogens (tertiary/aromatic N) is 4. The molecule has 2 aromatic rings. The molecule has 1 atom stereocenters. The lowest BCUT2D eigenvalue weighted by atomic mass is 10.2. The minimum Gasteiger partial charge on any atom is -0.386 e. The summed E-state index contributed by atoms with van der Waals surface area (Å²) in [6.45, 7) is 0. The number of hydrogen-bond acceptors (Lipinski definition) is 4. The van der Waals surface area contributed by atoms with Gasteiger partial charge in [-0.25, -0.2) is 4.98 Å². The Hall–Kier alpha value is -1.93. The van der Waals surface area contributed by atoms with Gasteiger partial charge in [0, 0.05) is 12.4 Å². The third kappa shape index (κ3) is 1.32. The number of rotatable bonds is 2. The predicted octanol–water partition coefficient (Wildman–Crippen LogP) is 0.676. The lowest BCUT2D eigenvalue weighted by molar-refractivity contribution is 0.177. The van der Waals surface area contributed by atoms with Crippen molar-refractivity contribution in [1.82, 2.24) is 14.4 Å². The highest BCUT2D eigenvalue weighted by atomic mass is 16.3. The van der Waals surface area contributed by atoms with E-state index in [-0.39, 0.29) is 6.42 Å². The van der Waals surface area contributed by atoms with Crippen LogP contribution in [0.25, 0.3) is 5.65 Å². The fourth-order valence-electron chi connectivity index (χ4n) is 1.30. The quantitative estimate of drug-likeness (QED) is 0.751. The molecule has 2 heterocycles. The van der Waals surface area contributed by atoms with E-state index in [2.05, 4.69) is 9.97 Å². The number of aliphatic hydroxyl groups is 1. The summed E-state index contributed by atoms with van der Waals surface area (Å²) in [4.78, 5) is 7.95. The highest BCUT2D eigenvalue weighted by Crippen LogP contribution is 2.16. The van der Waals surface area contributed by atoms with Crippen LogP contribution in [-0.4, -0.2) is 19.5 Å². The van der Waals surface area contributed by atoms with Gasteiger partial charge in [0.25, 0.3) is 0 Å². The summed E-state index contributed by atoms with van der Waals surface area (Å²) < 4.78 is 1.72. The smallest absolute Gasteiger partial charge is 0.155 e. The number of aromatic nitrogens is 3. The molecule has 70 valence electrons. The molecular weight excluding hydrogens is 180 g/mol. The van der Waals surface area contributed by atoms with Gasteiger partial charge in [-0.3, -0.25) is 9.38 Å². The first-order valence-electron chi connectivity index (χ1n) is 4.15. The van der Waals surface area contributed by atoms with Gasteiger partial charge in [0.05, 0.1) is 30.6 Å². The Morgan fingerprint density at radius 1 is 1.57 bits per heavy atom. The van der Waals surface area contributed by atoms with Crippen LogP contribution in [-0.2, 0) is 0 Å². The number of nitriles is 1. The topological polar surface area (TPSA) is 74.2 Å². The Labute approximate surface area is 80.3 Å². The molecule has 0 aliphatic heterocycles. The second kappa shape index (κ2) is 3.44.